The number of nitrogens with one attached hydrogen (secondary N) is 3. The van der Waals surface area contributed by atoms with Crippen molar-refractivity contribution in [3.05, 3.63) is 70.7 Å². The van der Waals surface area contributed by atoms with Crippen LogP contribution in [0.4, 0.5) is 4.79 Å². The lowest BCUT2D eigenvalue weighted by atomic mass is 9.76. The molecule has 1 saturated heterocycles. The van der Waals surface area contributed by atoms with Gasteiger partial charge in [-0.05, 0) is 48.4 Å². The van der Waals surface area contributed by atoms with Gasteiger partial charge < -0.3 is 25.4 Å². The molecule has 9 nitrogen and oxygen atoms in total. The minimum Gasteiger partial charge on any atom is -0.467 e. The number of ether oxygens (including phenoxy) is 2. The molecule has 0 spiro atoms. The van der Waals surface area contributed by atoms with Crippen molar-refractivity contribution in [1.82, 2.24) is 16.0 Å². The van der Waals surface area contributed by atoms with E-state index in [1.165, 1.54) is 7.11 Å². The summed E-state index contributed by atoms with van der Waals surface area (Å²) >= 11 is 6.32. The predicted molar refractivity (Wildman–Crippen MR) is 168 cm³/mol. The van der Waals surface area contributed by atoms with Crippen LogP contribution in [0.5, 0.6) is 0 Å². The van der Waals surface area contributed by atoms with Gasteiger partial charge in [0.1, 0.15) is 18.2 Å². The Labute approximate surface area is 264 Å². The largest absolute Gasteiger partial charge is 0.467 e. The first-order valence-corrected chi connectivity index (χ1v) is 15.9. The summed E-state index contributed by atoms with van der Waals surface area (Å²) in [5, 5.41) is 8.95. The number of benzene rings is 2. The third kappa shape index (κ3) is 8.74. The van der Waals surface area contributed by atoms with Crippen molar-refractivity contribution in [2.24, 2.45) is 11.8 Å². The number of methoxy groups -OCH3 is 1. The van der Waals surface area contributed by atoms with Crippen LogP contribution in [-0.4, -0.2) is 49.6 Å². The van der Waals surface area contributed by atoms with Crippen LogP contribution >= 0.6 is 11.6 Å². The second-order valence-electron chi connectivity index (χ2n) is 12.5. The van der Waals surface area contributed by atoms with Gasteiger partial charge in [0.15, 0.2) is 0 Å². The fourth-order valence-corrected chi connectivity index (χ4v) is 6.54. The van der Waals surface area contributed by atoms with Crippen LogP contribution in [0.15, 0.2) is 54.6 Å². The summed E-state index contributed by atoms with van der Waals surface area (Å²) in [6.07, 6.45) is 4.84. The van der Waals surface area contributed by atoms with E-state index in [4.69, 9.17) is 21.1 Å². The summed E-state index contributed by atoms with van der Waals surface area (Å²) in [4.78, 5) is 52.3. The highest BCUT2D eigenvalue weighted by Gasteiger charge is 2.38. The maximum absolute atomic E-state index is 13.7. The number of rotatable bonds is 12. The molecule has 0 bridgehead atoms. The summed E-state index contributed by atoms with van der Waals surface area (Å²) in [5.41, 5.74) is 1.00. The Morgan fingerprint density at radius 3 is 2.32 bits per heavy atom. The molecule has 1 aliphatic carbocycles. The van der Waals surface area contributed by atoms with Crippen LogP contribution in [0.2, 0.25) is 5.02 Å². The van der Waals surface area contributed by atoms with Crippen LogP contribution < -0.4 is 16.0 Å². The van der Waals surface area contributed by atoms with Crippen molar-refractivity contribution in [2.75, 3.05) is 13.7 Å². The fourth-order valence-electron chi connectivity index (χ4n) is 6.35. The van der Waals surface area contributed by atoms with Gasteiger partial charge in [0.05, 0.1) is 7.11 Å². The van der Waals surface area contributed by atoms with E-state index in [0.717, 1.165) is 43.2 Å². The summed E-state index contributed by atoms with van der Waals surface area (Å²) in [7, 11) is 1.25. The highest BCUT2D eigenvalue weighted by atomic mass is 35.5. The van der Waals surface area contributed by atoms with Gasteiger partial charge in [-0.2, -0.15) is 0 Å². The Morgan fingerprint density at radius 1 is 0.955 bits per heavy atom. The number of amides is 3. The summed E-state index contributed by atoms with van der Waals surface area (Å²) < 4.78 is 11.1. The molecular formula is C34H44ClN3O6. The number of hydrogen-bond acceptors (Lipinski definition) is 6. The molecule has 1 heterocycles. The maximum atomic E-state index is 13.7. The molecule has 1 aliphatic heterocycles. The van der Waals surface area contributed by atoms with Gasteiger partial charge in [-0.1, -0.05) is 100 Å². The minimum absolute atomic E-state index is 0.120. The number of halogens is 1. The van der Waals surface area contributed by atoms with Crippen LogP contribution in [-0.2, 0) is 29.3 Å². The van der Waals surface area contributed by atoms with Crippen molar-refractivity contribution < 1.29 is 28.7 Å². The van der Waals surface area contributed by atoms with E-state index in [2.05, 4.69) is 16.0 Å². The minimum atomic E-state index is -1.02. The quantitative estimate of drug-likeness (QED) is 0.264. The molecule has 0 radical (unpaired) electrons. The second kappa shape index (κ2) is 15.4. The van der Waals surface area contributed by atoms with E-state index >= 15 is 0 Å². The Morgan fingerprint density at radius 2 is 1.68 bits per heavy atom. The number of alkyl carbamates (subject to hydrolysis) is 1. The lowest BCUT2D eigenvalue weighted by Gasteiger charge is -2.35. The molecule has 1 unspecified atom stereocenters. The highest BCUT2D eigenvalue weighted by Crippen LogP contribution is 2.40. The molecule has 4 atom stereocenters. The monoisotopic (exact) mass is 625 g/mol. The molecule has 3 N–H and O–H groups in total. The summed E-state index contributed by atoms with van der Waals surface area (Å²) in [6.45, 7) is 4.49. The van der Waals surface area contributed by atoms with E-state index < -0.39 is 47.5 Å². The predicted octanol–water partition coefficient (Wildman–Crippen LogP) is 5.61. The van der Waals surface area contributed by atoms with Gasteiger partial charge in [0.25, 0.3) is 0 Å². The topological polar surface area (TPSA) is 123 Å². The Kier molecular flexibility index (Phi) is 11.7. The molecule has 238 valence electrons. The molecule has 44 heavy (non-hydrogen) atoms. The van der Waals surface area contributed by atoms with Crippen molar-refractivity contribution in [2.45, 2.75) is 88.8 Å². The van der Waals surface area contributed by atoms with Gasteiger partial charge in [-0.25, -0.2) is 9.59 Å². The van der Waals surface area contributed by atoms with E-state index in [9.17, 15) is 19.2 Å². The van der Waals surface area contributed by atoms with Crippen LogP contribution in [0.1, 0.15) is 82.4 Å². The maximum Gasteiger partial charge on any atom is 0.408 e. The number of hydrogen-bond donors (Lipinski definition) is 3. The van der Waals surface area contributed by atoms with E-state index in [1.54, 1.807) is 6.07 Å². The summed E-state index contributed by atoms with van der Waals surface area (Å²) in [6, 6.07) is 14.9. The van der Waals surface area contributed by atoms with Crippen molar-refractivity contribution in [1.29, 1.82) is 0 Å². The molecule has 0 aromatic heterocycles. The Bertz CT molecular complexity index is 1300. The normalized spacial score (nSPS) is 19.3. The fraction of sp³-hybridized carbons (Fsp3) is 0.529. The third-order valence-corrected chi connectivity index (χ3v) is 9.17. The van der Waals surface area contributed by atoms with Gasteiger partial charge >= 0.3 is 12.1 Å². The van der Waals surface area contributed by atoms with E-state index in [-0.39, 0.29) is 18.2 Å². The molecule has 2 fully saturated rings. The van der Waals surface area contributed by atoms with Crippen molar-refractivity contribution >= 4 is 35.5 Å². The lowest BCUT2D eigenvalue weighted by molar-refractivity contribution is -0.146. The van der Waals surface area contributed by atoms with Gasteiger partial charge in [0, 0.05) is 22.9 Å². The van der Waals surface area contributed by atoms with Crippen LogP contribution in [0, 0.1) is 11.8 Å². The Hall–Kier alpha value is -3.59. The third-order valence-electron chi connectivity index (χ3n) is 8.94. The average Bonchev–Trinajstić information content (AvgIpc) is 3.43. The van der Waals surface area contributed by atoms with E-state index in [0.29, 0.717) is 24.4 Å². The molecule has 2 aromatic carbocycles. The molecule has 1 saturated carbocycles. The zero-order valence-corrected chi connectivity index (χ0v) is 26.5. The van der Waals surface area contributed by atoms with Gasteiger partial charge in [-0.3, -0.25) is 9.59 Å². The molecular weight excluding hydrogens is 582 g/mol. The first-order valence-electron chi connectivity index (χ1n) is 15.5. The van der Waals surface area contributed by atoms with Crippen LogP contribution in [0.25, 0.3) is 0 Å². The number of esters is 1. The molecule has 4 rings (SSSR count). The summed E-state index contributed by atoms with van der Waals surface area (Å²) in [5.74, 6) is -1.46. The average molecular weight is 626 g/mol. The first-order chi connectivity index (χ1) is 21.1. The lowest BCUT2D eigenvalue weighted by Crippen LogP contribution is -2.53. The Balaban J connectivity index is 1.55. The molecule has 2 aromatic rings. The molecule has 2 aliphatic rings. The van der Waals surface area contributed by atoms with E-state index in [1.807, 2.05) is 62.4 Å². The number of carbonyl (C=O) groups excluding carboxylic acids is 4. The smallest absolute Gasteiger partial charge is 0.408 e. The zero-order valence-electron chi connectivity index (χ0n) is 25.8. The molecule has 10 heteroatoms. The highest BCUT2D eigenvalue weighted by molar-refractivity contribution is 6.30. The first kappa shape index (κ1) is 33.3. The zero-order chi connectivity index (χ0) is 31.7. The van der Waals surface area contributed by atoms with Crippen molar-refractivity contribution in [3.8, 4) is 0 Å². The number of carbonyl (C=O) groups is 4. The molecule has 3 amide bonds. The van der Waals surface area contributed by atoms with Crippen LogP contribution in [0.3, 0.4) is 0 Å². The van der Waals surface area contributed by atoms with Crippen molar-refractivity contribution in [3.63, 3.8) is 0 Å². The van der Waals surface area contributed by atoms with Gasteiger partial charge in [-0.15, -0.1) is 0 Å². The second-order valence-corrected chi connectivity index (χ2v) is 12.9. The standard InChI is InChI=1S/C34H44ClN3O6/c1-34(2,25-15-10-16-26(35)21-25)29(23-13-8-5-9-14-23)44-33(42)38-27(19-22-11-6-4-7-12-22)31(40)37-28(32(41)43-3)20-24-17-18-36-30(24)39/h5,8-10,13-16,21-22,24,27-29H,4,6-7,11-12,17-20H2,1-3H3,(H,36,39)(H,37,40)(H,38,42)/t24-,27-,28-,29?/m0/s1. The van der Waals surface area contributed by atoms with Gasteiger partial charge in [0.2, 0.25) is 11.8 Å². The SMILES string of the molecule is COC(=O)[C@H](C[C@@H]1CCNC1=O)NC(=O)[C@H](CC1CCCCC1)NC(=O)OC(c1ccccc1)C(C)(C)c1cccc(Cl)c1.